The number of allylic oxidation sites excluding steroid dienone is 4. The van der Waals surface area contributed by atoms with E-state index >= 15 is 0 Å². The highest BCUT2D eigenvalue weighted by Gasteiger charge is 2.46. The standard InChI is InChI=1S/C51H42N2/c1-51(2)47-33-41(29-31-43(47)44-32-30-42(34-48(44)51)53-49-19-11-9-17-45(49)46-18-10-12-20-50(46)53)52(39-25-21-37(22-26-39)35-13-5-3-6-14-35)40-27-23-38(24-28-40)36-15-7-4-8-16-36/h3-34,45-46,49-50H,1-2H3. The molecule has 6 aromatic rings. The quantitative estimate of drug-likeness (QED) is 0.173. The van der Waals surface area contributed by atoms with Crippen molar-refractivity contribution in [1.29, 1.82) is 0 Å². The summed E-state index contributed by atoms with van der Waals surface area (Å²) in [4.78, 5) is 5.07. The summed E-state index contributed by atoms with van der Waals surface area (Å²) in [5, 5.41) is 0. The van der Waals surface area contributed by atoms with Crippen LogP contribution < -0.4 is 9.80 Å². The van der Waals surface area contributed by atoms with Gasteiger partial charge in [-0.25, -0.2) is 0 Å². The highest BCUT2D eigenvalue weighted by molar-refractivity contribution is 5.87. The SMILES string of the molecule is CC1(C)c2cc(N(c3ccc(-c4ccccc4)cc3)c3ccc(-c4ccccc4)cc3)ccc2-c2ccc(N3C4C=CC=CC4C4C=CC=CC43)cc21. The van der Waals surface area contributed by atoms with E-state index < -0.39 is 0 Å². The van der Waals surface area contributed by atoms with E-state index in [1.54, 1.807) is 0 Å². The van der Waals surface area contributed by atoms with Crippen LogP contribution in [0, 0.1) is 11.8 Å². The largest absolute Gasteiger partial charge is 0.357 e. The molecule has 256 valence electrons. The highest BCUT2D eigenvalue weighted by Crippen LogP contribution is 2.53. The molecular formula is C51H42N2. The fourth-order valence-electron chi connectivity index (χ4n) is 9.36. The maximum atomic E-state index is 2.67. The Balaban J connectivity index is 1.04. The van der Waals surface area contributed by atoms with E-state index in [1.165, 1.54) is 50.2 Å². The molecule has 0 N–H and O–H groups in total. The second-order valence-corrected chi connectivity index (χ2v) is 15.3. The van der Waals surface area contributed by atoms with Crippen LogP contribution in [0.1, 0.15) is 25.0 Å². The van der Waals surface area contributed by atoms with E-state index in [9.17, 15) is 0 Å². The average Bonchev–Trinajstić information content (AvgIpc) is 3.67. The summed E-state index contributed by atoms with van der Waals surface area (Å²) >= 11 is 0. The van der Waals surface area contributed by atoms with E-state index in [-0.39, 0.29) is 5.41 Å². The predicted octanol–water partition coefficient (Wildman–Crippen LogP) is 12.8. The fourth-order valence-corrected chi connectivity index (χ4v) is 9.36. The van der Waals surface area contributed by atoms with Crippen LogP contribution in [0.5, 0.6) is 0 Å². The monoisotopic (exact) mass is 682 g/mol. The van der Waals surface area contributed by atoms with Crippen molar-refractivity contribution in [1.82, 2.24) is 0 Å². The van der Waals surface area contributed by atoms with Gasteiger partial charge in [0.15, 0.2) is 0 Å². The fraction of sp³-hybridized carbons (Fsp3) is 0.137. The minimum absolute atomic E-state index is 0.167. The minimum atomic E-state index is -0.167. The average molecular weight is 683 g/mol. The molecule has 1 aliphatic heterocycles. The van der Waals surface area contributed by atoms with Crippen LogP contribution in [0.25, 0.3) is 33.4 Å². The molecule has 2 nitrogen and oxygen atoms in total. The number of nitrogens with zero attached hydrogens (tertiary/aromatic N) is 2. The topological polar surface area (TPSA) is 6.48 Å². The van der Waals surface area contributed by atoms with Crippen molar-refractivity contribution in [3.05, 3.63) is 205 Å². The molecule has 0 amide bonds. The van der Waals surface area contributed by atoms with Crippen LogP contribution in [0.4, 0.5) is 22.7 Å². The Hall–Kier alpha value is -6.12. The maximum absolute atomic E-state index is 2.67. The molecule has 1 fully saturated rings. The molecule has 0 bridgehead atoms. The van der Waals surface area contributed by atoms with Crippen LogP contribution in [0.15, 0.2) is 194 Å². The molecule has 10 rings (SSSR count). The first-order valence-electron chi connectivity index (χ1n) is 18.9. The Morgan fingerprint density at radius 1 is 0.434 bits per heavy atom. The molecule has 0 saturated carbocycles. The van der Waals surface area contributed by atoms with Crippen molar-refractivity contribution in [2.45, 2.75) is 31.3 Å². The van der Waals surface area contributed by atoms with Gasteiger partial charge in [-0.2, -0.15) is 0 Å². The minimum Gasteiger partial charge on any atom is -0.357 e. The predicted molar refractivity (Wildman–Crippen MR) is 223 cm³/mol. The summed E-state index contributed by atoms with van der Waals surface area (Å²) in [6, 6.07) is 54.3. The Morgan fingerprint density at radius 3 is 1.40 bits per heavy atom. The van der Waals surface area contributed by atoms with Crippen LogP contribution >= 0.6 is 0 Å². The van der Waals surface area contributed by atoms with Gasteiger partial charge in [-0.1, -0.05) is 160 Å². The van der Waals surface area contributed by atoms with Gasteiger partial charge < -0.3 is 9.80 Å². The lowest BCUT2D eigenvalue weighted by molar-refractivity contribution is 0.527. The van der Waals surface area contributed by atoms with E-state index in [0.717, 1.165) is 17.1 Å². The van der Waals surface area contributed by atoms with Gasteiger partial charge in [-0.3, -0.25) is 0 Å². The lowest BCUT2D eigenvalue weighted by Crippen LogP contribution is -2.37. The summed E-state index contributed by atoms with van der Waals surface area (Å²) < 4.78 is 0. The Morgan fingerprint density at radius 2 is 0.868 bits per heavy atom. The Bertz CT molecular complexity index is 2310. The number of anilines is 4. The summed E-state index contributed by atoms with van der Waals surface area (Å²) in [7, 11) is 0. The van der Waals surface area contributed by atoms with Gasteiger partial charge in [0, 0.05) is 40.0 Å². The summed E-state index contributed by atoms with van der Waals surface area (Å²) in [5.41, 5.74) is 14.9. The molecule has 1 heterocycles. The van der Waals surface area contributed by atoms with E-state index in [4.69, 9.17) is 0 Å². The molecule has 0 radical (unpaired) electrons. The Labute approximate surface area is 313 Å². The first-order valence-corrected chi connectivity index (χ1v) is 18.9. The molecule has 0 spiro atoms. The first-order chi connectivity index (χ1) is 26.0. The maximum Gasteiger partial charge on any atom is 0.0551 e. The molecule has 6 aromatic carbocycles. The van der Waals surface area contributed by atoms with Crippen molar-refractivity contribution in [2.75, 3.05) is 9.80 Å². The molecule has 2 heteroatoms. The molecule has 3 aliphatic carbocycles. The zero-order valence-electron chi connectivity index (χ0n) is 30.2. The van der Waals surface area contributed by atoms with Crippen LogP contribution in [0.2, 0.25) is 0 Å². The number of hydrogen-bond donors (Lipinski definition) is 0. The van der Waals surface area contributed by atoms with Gasteiger partial charge in [0.05, 0.1) is 12.1 Å². The highest BCUT2D eigenvalue weighted by atomic mass is 15.2. The van der Waals surface area contributed by atoms with Gasteiger partial charge >= 0.3 is 0 Å². The number of rotatable bonds is 6. The van der Waals surface area contributed by atoms with Gasteiger partial charge in [-0.05, 0) is 93.0 Å². The zero-order valence-corrected chi connectivity index (χ0v) is 30.2. The summed E-state index contributed by atoms with van der Waals surface area (Å²) in [6.45, 7) is 4.81. The molecule has 4 atom stereocenters. The van der Waals surface area contributed by atoms with Crippen molar-refractivity contribution < 1.29 is 0 Å². The second-order valence-electron chi connectivity index (χ2n) is 15.3. The van der Waals surface area contributed by atoms with Crippen molar-refractivity contribution in [3.63, 3.8) is 0 Å². The third-order valence-corrected chi connectivity index (χ3v) is 12.0. The molecule has 0 aromatic heterocycles. The van der Waals surface area contributed by atoms with Crippen LogP contribution in [-0.4, -0.2) is 12.1 Å². The molecule has 53 heavy (non-hydrogen) atoms. The smallest absolute Gasteiger partial charge is 0.0551 e. The molecule has 4 aliphatic rings. The first kappa shape index (κ1) is 31.6. The van der Waals surface area contributed by atoms with Crippen LogP contribution in [-0.2, 0) is 5.41 Å². The van der Waals surface area contributed by atoms with E-state index in [0.29, 0.717) is 23.9 Å². The molecule has 1 saturated heterocycles. The second kappa shape index (κ2) is 12.5. The third kappa shape index (κ3) is 5.24. The number of hydrogen-bond acceptors (Lipinski definition) is 2. The van der Waals surface area contributed by atoms with Gasteiger partial charge in [0.1, 0.15) is 0 Å². The van der Waals surface area contributed by atoms with Crippen molar-refractivity contribution >= 4 is 22.7 Å². The zero-order chi connectivity index (χ0) is 35.5. The third-order valence-electron chi connectivity index (χ3n) is 12.0. The van der Waals surface area contributed by atoms with Gasteiger partial charge in [0.25, 0.3) is 0 Å². The summed E-state index contributed by atoms with van der Waals surface area (Å²) in [5.74, 6) is 0.975. The molecular weight excluding hydrogens is 641 g/mol. The lowest BCUT2D eigenvalue weighted by Gasteiger charge is -2.33. The van der Waals surface area contributed by atoms with Crippen LogP contribution in [0.3, 0.4) is 0 Å². The van der Waals surface area contributed by atoms with Crippen molar-refractivity contribution in [2.24, 2.45) is 11.8 Å². The van der Waals surface area contributed by atoms with Gasteiger partial charge in [0.2, 0.25) is 0 Å². The van der Waals surface area contributed by atoms with E-state index in [2.05, 4.69) is 218 Å². The van der Waals surface area contributed by atoms with Crippen molar-refractivity contribution in [3.8, 4) is 33.4 Å². The summed E-state index contributed by atoms with van der Waals surface area (Å²) in [6.07, 6.45) is 18.5. The normalized spacial score (nSPS) is 21.2. The Kier molecular flexibility index (Phi) is 7.47. The van der Waals surface area contributed by atoms with Gasteiger partial charge in [-0.15, -0.1) is 0 Å². The number of fused-ring (bicyclic) bond motifs is 6. The van der Waals surface area contributed by atoms with E-state index in [1.807, 2.05) is 0 Å². The number of benzene rings is 6. The lowest BCUT2D eigenvalue weighted by atomic mass is 9.82. The molecule has 4 unspecified atom stereocenters.